The van der Waals surface area contributed by atoms with E-state index in [0.717, 1.165) is 22.2 Å². The van der Waals surface area contributed by atoms with Crippen LogP contribution in [0.15, 0.2) is 10.7 Å². The molecule has 1 rings (SSSR count). The Hall–Kier alpha value is -0.900. The zero-order valence-corrected chi connectivity index (χ0v) is 8.35. The van der Waals surface area contributed by atoms with Crippen molar-refractivity contribution >= 4 is 28.0 Å². The van der Waals surface area contributed by atoms with Gasteiger partial charge in [-0.2, -0.15) is 0 Å². The Morgan fingerprint density at radius 3 is 2.92 bits per heavy atom. The zero-order valence-electron chi connectivity index (χ0n) is 6.76. The average molecular weight is 228 g/mol. The van der Waals surface area contributed by atoms with Crippen LogP contribution in [0.25, 0.3) is 0 Å². The van der Waals surface area contributed by atoms with Crippen molar-refractivity contribution in [1.29, 1.82) is 5.41 Å². The quantitative estimate of drug-likeness (QED) is 0.600. The second kappa shape index (κ2) is 3.67. The van der Waals surface area contributed by atoms with E-state index in [1.165, 1.54) is 6.21 Å². The zero-order chi connectivity index (χ0) is 9.14. The van der Waals surface area contributed by atoms with E-state index in [0.29, 0.717) is 5.82 Å². The van der Waals surface area contributed by atoms with E-state index in [2.05, 4.69) is 20.9 Å². The van der Waals surface area contributed by atoms with Gasteiger partial charge in [-0.1, -0.05) is 6.92 Å². The van der Waals surface area contributed by atoms with Crippen LogP contribution in [-0.4, -0.2) is 11.2 Å². The number of anilines is 1. The first-order chi connectivity index (χ1) is 5.69. The summed E-state index contributed by atoms with van der Waals surface area (Å²) >= 11 is 3.25. The van der Waals surface area contributed by atoms with Crippen LogP contribution in [0.1, 0.15) is 18.1 Å². The number of nitrogens with zero attached hydrogens (tertiary/aromatic N) is 1. The molecule has 0 aliphatic heterocycles. The number of hydrogen-bond acceptors (Lipinski definition) is 3. The minimum atomic E-state index is 0.413. The maximum atomic E-state index is 7.14. The molecular formula is C8H10BrN3. The van der Waals surface area contributed by atoms with Gasteiger partial charge in [-0.25, -0.2) is 4.98 Å². The minimum Gasteiger partial charge on any atom is -0.383 e. The molecule has 1 aromatic heterocycles. The number of nitrogens with two attached hydrogens (primary N) is 1. The lowest BCUT2D eigenvalue weighted by molar-refractivity contribution is 1.10. The first-order valence-corrected chi connectivity index (χ1v) is 4.43. The predicted molar refractivity (Wildman–Crippen MR) is 53.6 cm³/mol. The van der Waals surface area contributed by atoms with E-state index in [-0.39, 0.29) is 0 Å². The second-order valence-corrected chi connectivity index (χ2v) is 3.21. The molecule has 0 atom stereocenters. The molecule has 1 heterocycles. The highest BCUT2D eigenvalue weighted by atomic mass is 79.9. The molecule has 0 amide bonds. The molecule has 0 saturated heterocycles. The molecular weight excluding hydrogens is 218 g/mol. The number of hydrogen-bond donors (Lipinski definition) is 2. The Morgan fingerprint density at radius 2 is 2.42 bits per heavy atom. The van der Waals surface area contributed by atoms with Crippen molar-refractivity contribution in [2.75, 3.05) is 5.73 Å². The number of rotatable bonds is 2. The van der Waals surface area contributed by atoms with Crippen LogP contribution in [0.5, 0.6) is 0 Å². The molecule has 0 unspecified atom stereocenters. The van der Waals surface area contributed by atoms with Gasteiger partial charge in [0.2, 0.25) is 0 Å². The number of pyridine rings is 1. The van der Waals surface area contributed by atoms with Crippen LogP contribution in [0, 0.1) is 5.41 Å². The van der Waals surface area contributed by atoms with E-state index in [1.54, 1.807) is 0 Å². The van der Waals surface area contributed by atoms with Gasteiger partial charge in [0.05, 0.1) is 0 Å². The predicted octanol–water partition coefficient (Wildman–Crippen LogP) is 1.99. The van der Waals surface area contributed by atoms with Gasteiger partial charge in [-0.05, 0) is 34.0 Å². The molecule has 0 fully saturated rings. The highest BCUT2D eigenvalue weighted by Gasteiger charge is 2.04. The third-order valence-electron chi connectivity index (χ3n) is 1.67. The van der Waals surface area contributed by atoms with Crippen molar-refractivity contribution in [3.63, 3.8) is 0 Å². The maximum absolute atomic E-state index is 7.14. The smallest absolute Gasteiger partial charge is 0.133 e. The van der Waals surface area contributed by atoms with Crippen LogP contribution in [0.4, 0.5) is 5.82 Å². The Morgan fingerprint density at radius 1 is 1.75 bits per heavy atom. The van der Waals surface area contributed by atoms with Crippen LogP contribution in [0.3, 0.4) is 0 Å². The van der Waals surface area contributed by atoms with Gasteiger partial charge >= 0.3 is 0 Å². The minimum absolute atomic E-state index is 0.413. The molecule has 0 bridgehead atoms. The molecule has 0 spiro atoms. The van der Waals surface area contributed by atoms with E-state index < -0.39 is 0 Å². The molecule has 3 N–H and O–H groups in total. The van der Waals surface area contributed by atoms with Crippen molar-refractivity contribution in [2.45, 2.75) is 13.3 Å². The number of aryl methyl sites for hydroxylation is 1. The molecule has 0 aromatic carbocycles. The highest BCUT2D eigenvalue weighted by Crippen LogP contribution is 2.18. The molecule has 3 nitrogen and oxygen atoms in total. The Balaban J connectivity index is 3.33. The fourth-order valence-electron chi connectivity index (χ4n) is 1.05. The highest BCUT2D eigenvalue weighted by molar-refractivity contribution is 9.10. The lowest BCUT2D eigenvalue weighted by Gasteiger charge is -2.05. The molecule has 0 aliphatic carbocycles. The van der Waals surface area contributed by atoms with Gasteiger partial charge in [0.15, 0.2) is 0 Å². The lowest BCUT2D eigenvalue weighted by atomic mass is 10.1. The Kier molecular flexibility index (Phi) is 2.81. The van der Waals surface area contributed by atoms with E-state index in [4.69, 9.17) is 11.1 Å². The summed E-state index contributed by atoms with van der Waals surface area (Å²) in [5.74, 6) is 0.413. The van der Waals surface area contributed by atoms with Crippen molar-refractivity contribution in [2.24, 2.45) is 0 Å². The van der Waals surface area contributed by atoms with Gasteiger partial charge in [0.25, 0.3) is 0 Å². The summed E-state index contributed by atoms with van der Waals surface area (Å²) < 4.78 is 0.724. The third kappa shape index (κ3) is 1.64. The van der Waals surface area contributed by atoms with Gasteiger partial charge in [-0.3, -0.25) is 0 Å². The SMILES string of the molecule is CCc1cc(Br)nc(N)c1C=N. The molecule has 12 heavy (non-hydrogen) atoms. The summed E-state index contributed by atoms with van der Waals surface area (Å²) in [6, 6.07) is 1.89. The number of aromatic nitrogens is 1. The van der Waals surface area contributed by atoms with E-state index >= 15 is 0 Å². The summed E-state index contributed by atoms with van der Waals surface area (Å²) in [6.07, 6.45) is 2.10. The largest absolute Gasteiger partial charge is 0.383 e. The average Bonchev–Trinajstić information content (AvgIpc) is 2.03. The van der Waals surface area contributed by atoms with Gasteiger partial charge in [-0.15, -0.1) is 0 Å². The van der Waals surface area contributed by atoms with Crippen LogP contribution < -0.4 is 5.73 Å². The summed E-state index contributed by atoms with van der Waals surface area (Å²) in [5, 5.41) is 7.14. The van der Waals surface area contributed by atoms with Crippen molar-refractivity contribution in [3.8, 4) is 0 Å². The van der Waals surface area contributed by atoms with Crippen LogP contribution in [-0.2, 0) is 6.42 Å². The molecule has 64 valence electrons. The first kappa shape index (κ1) is 9.19. The molecule has 0 radical (unpaired) electrons. The molecule has 4 heteroatoms. The summed E-state index contributed by atoms with van der Waals surface area (Å²) in [5.41, 5.74) is 7.38. The second-order valence-electron chi connectivity index (χ2n) is 2.40. The van der Waals surface area contributed by atoms with Crippen molar-refractivity contribution < 1.29 is 0 Å². The third-order valence-corrected chi connectivity index (χ3v) is 2.07. The Bertz CT molecular complexity index is 309. The van der Waals surface area contributed by atoms with Gasteiger partial charge in [0.1, 0.15) is 10.4 Å². The first-order valence-electron chi connectivity index (χ1n) is 3.64. The van der Waals surface area contributed by atoms with E-state index in [1.807, 2.05) is 13.0 Å². The summed E-state index contributed by atoms with van der Waals surface area (Å²) in [7, 11) is 0. The monoisotopic (exact) mass is 227 g/mol. The molecule has 0 saturated carbocycles. The summed E-state index contributed by atoms with van der Waals surface area (Å²) in [6.45, 7) is 2.02. The molecule has 0 aliphatic rings. The fraction of sp³-hybridized carbons (Fsp3) is 0.250. The molecule has 1 aromatic rings. The maximum Gasteiger partial charge on any atom is 0.133 e. The Labute approximate surface area is 79.6 Å². The van der Waals surface area contributed by atoms with E-state index in [9.17, 15) is 0 Å². The lowest BCUT2D eigenvalue weighted by Crippen LogP contribution is -2.01. The van der Waals surface area contributed by atoms with Crippen molar-refractivity contribution in [1.82, 2.24) is 4.98 Å². The number of nitrogen functional groups attached to an aromatic ring is 1. The normalized spacial score (nSPS) is 9.83. The topological polar surface area (TPSA) is 62.8 Å². The van der Waals surface area contributed by atoms with Crippen molar-refractivity contribution in [3.05, 3.63) is 21.8 Å². The number of halogens is 1. The summed E-state index contributed by atoms with van der Waals surface area (Å²) in [4.78, 5) is 4.00. The van der Waals surface area contributed by atoms with Crippen LogP contribution in [0.2, 0.25) is 0 Å². The number of nitrogens with one attached hydrogen (secondary N) is 1. The fourth-order valence-corrected chi connectivity index (χ4v) is 1.52. The van der Waals surface area contributed by atoms with Gasteiger partial charge in [0, 0.05) is 11.8 Å². The standard InChI is InChI=1S/C8H10BrN3/c1-2-5-3-7(9)12-8(11)6(5)4-10/h3-4,10H,2H2,1H3,(H2,11,12). The van der Waals surface area contributed by atoms with Gasteiger partial charge < -0.3 is 11.1 Å². The van der Waals surface area contributed by atoms with Crippen LogP contribution >= 0.6 is 15.9 Å².